The van der Waals surface area contributed by atoms with Crippen LogP contribution in [0.5, 0.6) is 0 Å². The number of alkyl halides is 1. The molecule has 3 heterocycles. The van der Waals surface area contributed by atoms with Gasteiger partial charge < -0.3 is 26.2 Å². The van der Waals surface area contributed by atoms with Crippen molar-refractivity contribution in [2.45, 2.75) is 57.3 Å². The molecule has 1 aliphatic carbocycles. The van der Waals surface area contributed by atoms with E-state index in [9.17, 15) is 19.1 Å². The summed E-state index contributed by atoms with van der Waals surface area (Å²) >= 11 is 0. The Morgan fingerprint density at radius 2 is 1.95 bits per heavy atom. The summed E-state index contributed by atoms with van der Waals surface area (Å²) in [4.78, 5) is 28.4. The minimum absolute atomic E-state index is 0.0403. The molecular formula is C27H32FN7O4. The van der Waals surface area contributed by atoms with Gasteiger partial charge in [0.05, 0.1) is 52.1 Å². The lowest BCUT2D eigenvalue weighted by Crippen LogP contribution is -2.42. The van der Waals surface area contributed by atoms with E-state index in [1.165, 1.54) is 26.2 Å². The van der Waals surface area contributed by atoms with Crippen molar-refractivity contribution in [3.05, 3.63) is 47.8 Å². The molecule has 206 valence electrons. The second-order valence-corrected chi connectivity index (χ2v) is 10.4. The number of carboxylic acid groups (broad SMARTS) is 1. The molecule has 12 heteroatoms. The number of nitrogens with zero attached hydrogens (tertiary/aromatic N) is 4. The number of nitriles is 1. The van der Waals surface area contributed by atoms with Crippen LogP contribution in [-0.4, -0.2) is 67.7 Å². The zero-order chi connectivity index (χ0) is 28.2. The average molecular weight is 538 g/mol. The average Bonchev–Trinajstić information content (AvgIpc) is 3.33. The summed E-state index contributed by atoms with van der Waals surface area (Å²) in [6.07, 6.45) is 3.40. The van der Waals surface area contributed by atoms with Crippen molar-refractivity contribution in [3.63, 3.8) is 0 Å². The molecule has 3 aromatic heterocycles. The lowest BCUT2D eigenvalue weighted by atomic mass is 9.86. The molecule has 0 spiro atoms. The zero-order valence-corrected chi connectivity index (χ0v) is 21.8. The fourth-order valence-electron chi connectivity index (χ4n) is 4.64. The Morgan fingerprint density at radius 1 is 1.21 bits per heavy atom. The standard InChI is InChI=1S/C27H32FN7O4/c1-27(2,39)24(28)15-31-25(36)20-14-30-22(23-8-7-19-9-17(11-29)13-33-35(19)23)10-21(20)34-18-5-3-16(4-6-18)12-32-26(37)38/h7-10,13-14,16,18,24,32,39H,3-6,12,15H2,1-2H3,(H,30,34)(H,31,36)(H,37,38). The third-order valence-corrected chi connectivity index (χ3v) is 7.00. The first-order valence-corrected chi connectivity index (χ1v) is 12.8. The van der Waals surface area contributed by atoms with Gasteiger partial charge >= 0.3 is 6.09 Å². The monoisotopic (exact) mass is 537 g/mol. The number of hydrogen-bond donors (Lipinski definition) is 5. The molecule has 1 fully saturated rings. The van der Waals surface area contributed by atoms with Crippen molar-refractivity contribution in [1.82, 2.24) is 25.2 Å². The molecule has 0 saturated heterocycles. The van der Waals surface area contributed by atoms with Gasteiger partial charge in [0.2, 0.25) is 0 Å². The van der Waals surface area contributed by atoms with Crippen LogP contribution >= 0.6 is 0 Å². The highest BCUT2D eigenvalue weighted by Crippen LogP contribution is 2.30. The topological polar surface area (TPSA) is 165 Å². The minimum atomic E-state index is -1.66. The maximum atomic E-state index is 14.3. The first-order chi connectivity index (χ1) is 18.5. The van der Waals surface area contributed by atoms with Crippen LogP contribution in [0.25, 0.3) is 16.9 Å². The normalized spacial score (nSPS) is 18.2. The molecule has 0 aromatic carbocycles. The highest BCUT2D eigenvalue weighted by Gasteiger charge is 2.28. The molecular weight excluding hydrogens is 505 g/mol. The number of fused-ring (bicyclic) bond motifs is 1. The van der Waals surface area contributed by atoms with Crippen molar-refractivity contribution in [1.29, 1.82) is 5.26 Å². The summed E-state index contributed by atoms with van der Waals surface area (Å²) in [6.45, 7) is 2.72. The van der Waals surface area contributed by atoms with E-state index in [0.29, 0.717) is 29.2 Å². The minimum Gasteiger partial charge on any atom is -0.465 e. The third-order valence-electron chi connectivity index (χ3n) is 7.00. The number of aromatic nitrogens is 3. The molecule has 0 aliphatic heterocycles. The number of amides is 2. The Morgan fingerprint density at radius 3 is 2.62 bits per heavy atom. The van der Waals surface area contributed by atoms with Crippen LogP contribution in [0.3, 0.4) is 0 Å². The zero-order valence-electron chi connectivity index (χ0n) is 21.8. The molecule has 5 N–H and O–H groups in total. The van der Waals surface area contributed by atoms with Crippen LogP contribution < -0.4 is 16.0 Å². The lowest BCUT2D eigenvalue weighted by molar-refractivity contribution is -0.00177. The van der Waals surface area contributed by atoms with Gasteiger partial charge in [-0.25, -0.2) is 13.7 Å². The van der Waals surface area contributed by atoms with Crippen molar-refractivity contribution < 1.29 is 24.2 Å². The third kappa shape index (κ3) is 6.80. The molecule has 2 amide bonds. The van der Waals surface area contributed by atoms with Crippen LogP contribution in [-0.2, 0) is 0 Å². The van der Waals surface area contributed by atoms with Crippen molar-refractivity contribution in [2.24, 2.45) is 5.92 Å². The summed E-state index contributed by atoms with van der Waals surface area (Å²) in [5.74, 6) is -0.283. The summed E-state index contributed by atoms with van der Waals surface area (Å²) in [5.41, 5.74) is 1.52. The predicted molar refractivity (Wildman–Crippen MR) is 142 cm³/mol. The second kappa shape index (κ2) is 11.7. The van der Waals surface area contributed by atoms with Crippen LogP contribution in [0.15, 0.2) is 36.7 Å². The summed E-state index contributed by atoms with van der Waals surface area (Å²) in [5, 5.41) is 40.7. The van der Waals surface area contributed by atoms with Crippen LogP contribution in [0.4, 0.5) is 14.9 Å². The molecule has 0 bridgehead atoms. The van der Waals surface area contributed by atoms with E-state index in [4.69, 9.17) is 10.4 Å². The highest BCUT2D eigenvalue weighted by molar-refractivity contribution is 6.00. The van der Waals surface area contributed by atoms with Crippen LogP contribution in [0.1, 0.15) is 55.5 Å². The van der Waals surface area contributed by atoms with Gasteiger partial charge in [-0.05, 0) is 69.7 Å². The molecule has 1 aliphatic rings. The smallest absolute Gasteiger partial charge is 0.404 e. The first kappa shape index (κ1) is 27.8. The van der Waals surface area contributed by atoms with Gasteiger partial charge in [0.25, 0.3) is 5.91 Å². The van der Waals surface area contributed by atoms with Gasteiger partial charge in [-0.3, -0.25) is 9.78 Å². The van der Waals surface area contributed by atoms with Crippen LogP contribution in [0.2, 0.25) is 0 Å². The van der Waals surface area contributed by atoms with E-state index < -0.39 is 23.8 Å². The number of halogens is 1. The molecule has 1 unspecified atom stereocenters. The maximum absolute atomic E-state index is 14.3. The fourth-order valence-corrected chi connectivity index (χ4v) is 4.64. The Bertz CT molecular complexity index is 1390. The second-order valence-electron chi connectivity index (χ2n) is 10.4. The van der Waals surface area contributed by atoms with E-state index in [1.54, 1.807) is 16.6 Å². The number of rotatable bonds is 9. The van der Waals surface area contributed by atoms with Gasteiger partial charge in [-0.2, -0.15) is 10.4 Å². The molecule has 0 radical (unpaired) electrons. The molecule has 11 nitrogen and oxygen atoms in total. The number of hydrogen-bond acceptors (Lipinski definition) is 7. The van der Waals surface area contributed by atoms with E-state index >= 15 is 0 Å². The van der Waals surface area contributed by atoms with Gasteiger partial charge in [-0.1, -0.05) is 0 Å². The number of anilines is 1. The highest BCUT2D eigenvalue weighted by atomic mass is 19.1. The number of nitrogens with one attached hydrogen (secondary N) is 3. The van der Waals surface area contributed by atoms with Gasteiger partial charge in [0.1, 0.15) is 12.2 Å². The maximum Gasteiger partial charge on any atom is 0.404 e. The fraction of sp³-hybridized carbons (Fsp3) is 0.444. The molecule has 1 saturated carbocycles. The van der Waals surface area contributed by atoms with Gasteiger partial charge in [-0.15, -0.1) is 0 Å². The van der Waals surface area contributed by atoms with Gasteiger partial charge in [0, 0.05) is 18.8 Å². The van der Waals surface area contributed by atoms with Crippen molar-refractivity contribution in [2.75, 3.05) is 18.4 Å². The quantitative estimate of drug-likeness (QED) is 0.277. The predicted octanol–water partition coefficient (Wildman–Crippen LogP) is 3.35. The van der Waals surface area contributed by atoms with E-state index in [-0.39, 0.29) is 24.1 Å². The largest absolute Gasteiger partial charge is 0.465 e. The van der Waals surface area contributed by atoms with Gasteiger partial charge in [0.15, 0.2) is 0 Å². The first-order valence-electron chi connectivity index (χ1n) is 12.8. The molecule has 4 rings (SSSR count). The Balaban J connectivity index is 1.58. The number of aliphatic hydroxyl groups is 1. The molecule has 3 aromatic rings. The van der Waals surface area contributed by atoms with Crippen LogP contribution in [0, 0.1) is 17.2 Å². The summed E-state index contributed by atoms with van der Waals surface area (Å²) in [6, 6.07) is 9.22. The number of carbonyl (C=O) groups excluding carboxylic acids is 1. The lowest BCUT2D eigenvalue weighted by Gasteiger charge is -2.30. The van der Waals surface area contributed by atoms with Crippen molar-refractivity contribution >= 4 is 23.2 Å². The van der Waals surface area contributed by atoms with Crippen molar-refractivity contribution in [3.8, 4) is 17.5 Å². The van der Waals surface area contributed by atoms with E-state index in [0.717, 1.165) is 31.2 Å². The Hall–Kier alpha value is -4.24. The molecule has 1 atom stereocenters. The summed E-state index contributed by atoms with van der Waals surface area (Å²) in [7, 11) is 0. The Labute approximate surface area is 225 Å². The van der Waals surface area contributed by atoms with E-state index in [2.05, 4.69) is 32.1 Å². The molecule has 39 heavy (non-hydrogen) atoms. The number of pyridine rings is 1. The summed E-state index contributed by atoms with van der Waals surface area (Å²) < 4.78 is 16.0. The number of carbonyl (C=O) groups is 2. The SMILES string of the molecule is CC(C)(O)C(F)CNC(=O)c1cnc(-c2ccc3cc(C#N)cnn23)cc1NC1CCC(CNC(=O)O)CC1. The van der Waals surface area contributed by atoms with E-state index in [1.807, 2.05) is 12.1 Å². The Kier molecular flexibility index (Phi) is 8.30.